The molecule has 1 rings (SSSR count). The van der Waals surface area contributed by atoms with Crippen LogP contribution in [0.5, 0.6) is 0 Å². The van der Waals surface area contributed by atoms with E-state index in [-0.39, 0.29) is 12.1 Å². The predicted octanol–water partition coefficient (Wildman–Crippen LogP) is 0.624. The van der Waals surface area contributed by atoms with Gasteiger partial charge in [0.1, 0.15) is 16.8 Å². The normalized spacial score (nSPS) is 12.9. The number of carbonyl (C=O) groups is 1. The molecule has 0 aromatic heterocycles. The number of nitro groups is 1. The number of carboxylic acid groups (broad SMARTS) is 1. The first-order valence-electron chi connectivity index (χ1n) is 4.95. The average molecular weight is 310 g/mol. The average Bonchev–Trinajstić information content (AvgIpc) is 2.26. The van der Waals surface area contributed by atoms with Gasteiger partial charge in [0.05, 0.1) is 4.92 Å². The van der Waals surface area contributed by atoms with E-state index in [4.69, 9.17) is 5.11 Å². The molecule has 1 aromatic carbocycles. The van der Waals surface area contributed by atoms with Crippen LogP contribution in [0.1, 0.15) is 6.92 Å². The van der Waals surface area contributed by atoms with E-state index in [2.05, 4.69) is 0 Å². The Morgan fingerprint density at radius 3 is 2.40 bits per heavy atom. The minimum atomic E-state index is -4.68. The molecule has 2 N–H and O–H groups in total. The number of rotatable bonds is 5. The quantitative estimate of drug-likeness (QED) is 0.606. The number of sulfonamides is 1. The summed E-state index contributed by atoms with van der Waals surface area (Å²) in [5.74, 6) is -4.65. The van der Waals surface area contributed by atoms with E-state index in [1.54, 1.807) is 4.72 Å². The summed E-state index contributed by atoms with van der Waals surface area (Å²) in [5.41, 5.74) is -1.24. The van der Waals surface area contributed by atoms with Gasteiger partial charge in [-0.05, 0) is 6.92 Å². The van der Waals surface area contributed by atoms with Crippen LogP contribution in [0.25, 0.3) is 0 Å². The van der Waals surface area contributed by atoms with Gasteiger partial charge in [-0.1, -0.05) is 0 Å². The molecule has 11 heteroatoms. The van der Waals surface area contributed by atoms with Crippen LogP contribution < -0.4 is 4.72 Å². The number of hydrogen-bond acceptors (Lipinski definition) is 5. The summed E-state index contributed by atoms with van der Waals surface area (Å²) >= 11 is 0. The van der Waals surface area contributed by atoms with Crippen molar-refractivity contribution in [2.45, 2.75) is 17.9 Å². The second kappa shape index (κ2) is 5.46. The van der Waals surface area contributed by atoms with Crippen molar-refractivity contribution in [1.82, 2.24) is 4.72 Å². The lowest BCUT2D eigenvalue weighted by Gasteiger charge is -2.10. The number of aliphatic carboxylic acids is 1. The highest BCUT2D eigenvalue weighted by Gasteiger charge is 2.28. The first-order chi connectivity index (χ1) is 9.06. The molecule has 0 unspecified atom stereocenters. The minimum absolute atomic E-state index is 0.0398. The summed E-state index contributed by atoms with van der Waals surface area (Å²) in [6, 6.07) is -1.37. The Kier molecular flexibility index (Phi) is 4.35. The van der Waals surface area contributed by atoms with Crippen molar-refractivity contribution in [1.29, 1.82) is 0 Å². The van der Waals surface area contributed by atoms with E-state index in [1.165, 1.54) is 0 Å². The molecule has 0 amide bonds. The Morgan fingerprint density at radius 2 is 1.95 bits per heavy atom. The molecule has 0 heterocycles. The monoisotopic (exact) mass is 310 g/mol. The van der Waals surface area contributed by atoms with Gasteiger partial charge < -0.3 is 5.11 Å². The fourth-order valence-corrected chi connectivity index (χ4v) is 2.49. The van der Waals surface area contributed by atoms with E-state index < -0.39 is 49.2 Å². The van der Waals surface area contributed by atoms with Crippen molar-refractivity contribution in [2.24, 2.45) is 0 Å². The molecule has 0 spiro atoms. The zero-order valence-electron chi connectivity index (χ0n) is 9.83. The third-order valence-electron chi connectivity index (χ3n) is 2.19. The van der Waals surface area contributed by atoms with Gasteiger partial charge in [-0.15, -0.1) is 0 Å². The summed E-state index contributed by atoms with van der Waals surface area (Å²) in [6.45, 7) is 0.968. The standard InChI is InChI=1S/C9H8F2N2O6S/c1-4(9(14)15)12-20(18,19)8-3-7(13(16)17)5(10)2-6(8)11/h2-4,12H,1H3,(H,14,15)/t4-/m1/s1. The van der Waals surface area contributed by atoms with Gasteiger partial charge in [0.15, 0.2) is 0 Å². The molecular formula is C9H8F2N2O6S. The molecule has 0 saturated heterocycles. The largest absolute Gasteiger partial charge is 0.480 e. The van der Waals surface area contributed by atoms with Gasteiger partial charge in [-0.2, -0.15) is 9.11 Å². The van der Waals surface area contributed by atoms with Gasteiger partial charge in [-0.3, -0.25) is 14.9 Å². The van der Waals surface area contributed by atoms with Crippen LogP contribution in [-0.4, -0.2) is 30.5 Å². The van der Waals surface area contributed by atoms with Gasteiger partial charge in [0, 0.05) is 12.1 Å². The van der Waals surface area contributed by atoms with Crippen LogP contribution in [0, 0.1) is 21.7 Å². The fraction of sp³-hybridized carbons (Fsp3) is 0.222. The maximum Gasteiger partial charge on any atom is 0.321 e. The molecule has 0 saturated carbocycles. The first kappa shape index (κ1) is 15.9. The summed E-state index contributed by atoms with van der Waals surface area (Å²) in [5, 5.41) is 19.0. The molecule has 1 aromatic rings. The highest BCUT2D eigenvalue weighted by atomic mass is 32.2. The second-order valence-electron chi connectivity index (χ2n) is 3.67. The predicted molar refractivity (Wildman–Crippen MR) is 60.4 cm³/mol. The zero-order valence-corrected chi connectivity index (χ0v) is 10.6. The third-order valence-corrected chi connectivity index (χ3v) is 3.75. The van der Waals surface area contributed by atoms with Gasteiger partial charge in [0.2, 0.25) is 15.8 Å². The molecule has 0 bridgehead atoms. The minimum Gasteiger partial charge on any atom is -0.480 e. The summed E-state index contributed by atoms with van der Waals surface area (Å²) < 4.78 is 51.5. The summed E-state index contributed by atoms with van der Waals surface area (Å²) in [6.07, 6.45) is 0. The number of benzene rings is 1. The molecule has 0 aliphatic carbocycles. The highest BCUT2D eigenvalue weighted by molar-refractivity contribution is 7.89. The van der Waals surface area contributed by atoms with Crippen molar-refractivity contribution in [2.75, 3.05) is 0 Å². The lowest BCUT2D eigenvalue weighted by molar-refractivity contribution is -0.387. The molecule has 20 heavy (non-hydrogen) atoms. The smallest absolute Gasteiger partial charge is 0.321 e. The summed E-state index contributed by atoms with van der Waals surface area (Å²) in [7, 11) is -4.68. The highest BCUT2D eigenvalue weighted by Crippen LogP contribution is 2.24. The lowest BCUT2D eigenvalue weighted by atomic mass is 10.3. The Balaban J connectivity index is 3.35. The van der Waals surface area contributed by atoms with Crippen LogP contribution >= 0.6 is 0 Å². The molecule has 0 aliphatic rings. The van der Waals surface area contributed by atoms with Crippen LogP contribution in [0.15, 0.2) is 17.0 Å². The number of carboxylic acids is 1. The van der Waals surface area contributed by atoms with Crippen molar-refractivity contribution in [3.63, 3.8) is 0 Å². The van der Waals surface area contributed by atoms with E-state index in [1.807, 2.05) is 0 Å². The molecule has 8 nitrogen and oxygen atoms in total. The molecule has 0 aliphatic heterocycles. The zero-order chi connectivity index (χ0) is 15.7. The fourth-order valence-electron chi connectivity index (χ4n) is 1.21. The van der Waals surface area contributed by atoms with Crippen LogP contribution in [0.2, 0.25) is 0 Å². The second-order valence-corrected chi connectivity index (χ2v) is 5.35. The van der Waals surface area contributed by atoms with E-state index in [9.17, 15) is 32.1 Å². The van der Waals surface area contributed by atoms with Gasteiger partial charge >= 0.3 is 11.7 Å². The van der Waals surface area contributed by atoms with Crippen molar-refractivity contribution in [3.05, 3.63) is 33.9 Å². The molecule has 1 atom stereocenters. The summed E-state index contributed by atoms with van der Waals surface area (Å²) in [4.78, 5) is 18.6. The topological polar surface area (TPSA) is 127 Å². The van der Waals surface area contributed by atoms with Crippen molar-refractivity contribution >= 4 is 21.7 Å². The Labute approximate surface area is 111 Å². The van der Waals surface area contributed by atoms with E-state index in [0.29, 0.717) is 0 Å². The van der Waals surface area contributed by atoms with Crippen LogP contribution in [0.3, 0.4) is 0 Å². The molecular weight excluding hydrogens is 302 g/mol. The number of nitro benzene ring substituents is 1. The molecule has 110 valence electrons. The third kappa shape index (κ3) is 3.24. The first-order valence-corrected chi connectivity index (χ1v) is 6.43. The van der Waals surface area contributed by atoms with Gasteiger partial charge in [0.25, 0.3) is 0 Å². The van der Waals surface area contributed by atoms with Crippen LogP contribution in [0.4, 0.5) is 14.5 Å². The Bertz CT molecular complexity index is 675. The SMILES string of the molecule is C[C@@H](NS(=O)(=O)c1cc([N+](=O)[O-])c(F)cc1F)C(=O)O. The number of nitrogens with one attached hydrogen (secondary N) is 1. The molecule has 0 radical (unpaired) electrons. The number of nitrogens with zero attached hydrogens (tertiary/aromatic N) is 1. The lowest BCUT2D eigenvalue weighted by Crippen LogP contribution is -2.38. The van der Waals surface area contributed by atoms with Crippen molar-refractivity contribution in [3.8, 4) is 0 Å². The maximum atomic E-state index is 13.4. The van der Waals surface area contributed by atoms with E-state index in [0.717, 1.165) is 6.92 Å². The van der Waals surface area contributed by atoms with Crippen molar-refractivity contribution < 1.29 is 32.0 Å². The Hall–Kier alpha value is -2.14. The molecule has 0 fully saturated rings. The van der Waals surface area contributed by atoms with E-state index >= 15 is 0 Å². The Morgan fingerprint density at radius 1 is 1.40 bits per heavy atom. The maximum absolute atomic E-state index is 13.4. The van der Waals surface area contributed by atoms with Gasteiger partial charge in [-0.25, -0.2) is 12.8 Å². The number of hydrogen-bond donors (Lipinski definition) is 2. The van der Waals surface area contributed by atoms with Crippen LogP contribution in [-0.2, 0) is 14.8 Å². The number of halogens is 2.